The molecule has 0 atom stereocenters. The van der Waals surface area contributed by atoms with Crippen molar-refractivity contribution < 1.29 is 4.39 Å². The van der Waals surface area contributed by atoms with Crippen LogP contribution in [-0.4, -0.2) is 16.7 Å². The molecule has 0 radical (unpaired) electrons. The third kappa shape index (κ3) is 3.01. The Labute approximate surface area is 110 Å². The van der Waals surface area contributed by atoms with Gasteiger partial charge in [-0.2, -0.15) is 5.10 Å². The Kier molecular flexibility index (Phi) is 3.87. The summed E-state index contributed by atoms with van der Waals surface area (Å²) in [6.45, 7) is 5.09. The second-order valence-corrected chi connectivity index (χ2v) is 4.97. The number of halogens is 2. The number of nitrogens with one attached hydrogen (secondary N) is 2. The van der Waals surface area contributed by atoms with Gasteiger partial charge >= 0.3 is 0 Å². The number of benzene rings is 1. The summed E-state index contributed by atoms with van der Waals surface area (Å²) in [5.74, 6) is 0.958. The zero-order valence-corrected chi connectivity index (χ0v) is 11.1. The lowest BCUT2D eigenvalue weighted by Gasteiger charge is -2.04. The number of nitrogens with zero attached hydrogens (tertiary/aromatic N) is 1. The molecule has 2 N–H and O–H groups in total. The lowest BCUT2D eigenvalue weighted by atomic mass is 10.1. The average Bonchev–Trinajstić information content (AvgIpc) is 2.75. The maximum absolute atomic E-state index is 13.0. The predicted molar refractivity (Wildman–Crippen MR) is 72.3 cm³/mol. The molecule has 0 saturated carbocycles. The standard InChI is InChI=1S/C13H15ClFN3/c1-8(2)7-16-13-6-12(17-18-13)10-4-3-9(15)5-11(10)14/h3-6,8H,7H2,1-2H3,(H2,16,17,18). The highest BCUT2D eigenvalue weighted by molar-refractivity contribution is 6.33. The second-order valence-electron chi connectivity index (χ2n) is 4.57. The number of hydrogen-bond acceptors (Lipinski definition) is 2. The van der Waals surface area contributed by atoms with Crippen molar-refractivity contribution in [2.45, 2.75) is 13.8 Å². The van der Waals surface area contributed by atoms with Crippen LogP contribution in [0.5, 0.6) is 0 Å². The Morgan fingerprint density at radius 3 is 2.83 bits per heavy atom. The summed E-state index contributed by atoms with van der Waals surface area (Å²) in [7, 11) is 0. The number of H-pyrrole nitrogens is 1. The van der Waals surface area contributed by atoms with Gasteiger partial charge in [-0.15, -0.1) is 0 Å². The van der Waals surface area contributed by atoms with Crippen LogP contribution in [0.4, 0.5) is 10.2 Å². The molecule has 5 heteroatoms. The maximum atomic E-state index is 13.0. The summed E-state index contributed by atoms with van der Waals surface area (Å²) in [5.41, 5.74) is 1.51. The summed E-state index contributed by atoms with van der Waals surface area (Å²) in [5, 5.41) is 10.6. The molecule has 2 rings (SSSR count). The molecule has 0 amide bonds. The first-order chi connectivity index (χ1) is 8.56. The van der Waals surface area contributed by atoms with Gasteiger partial charge in [-0.05, 0) is 24.1 Å². The van der Waals surface area contributed by atoms with Crippen LogP contribution in [0.1, 0.15) is 13.8 Å². The minimum Gasteiger partial charge on any atom is -0.368 e. The highest BCUT2D eigenvalue weighted by atomic mass is 35.5. The van der Waals surface area contributed by atoms with E-state index in [4.69, 9.17) is 11.6 Å². The molecule has 3 nitrogen and oxygen atoms in total. The zero-order valence-electron chi connectivity index (χ0n) is 10.3. The van der Waals surface area contributed by atoms with E-state index >= 15 is 0 Å². The van der Waals surface area contributed by atoms with Gasteiger partial charge in [0.15, 0.2) is 0 Å². The summed E-state index contributed by atoms with van der Waals surface area (Å²) >= 11 is 5.99. The molecule has 1 aromatic heterocycles. The van der Waals surface area contributed by atoms with E-state index in [0.29, 0.717) is 10.9 Å². The minimum atomic E-state index is -0.346. The first-order valence-electron chi connectivity index (χ1n) is 5.81. The summed E-state index contributed by atoms with van der Waals surface area (Å²) in [4.78, 5) is 0. The fraction of sp³-hybridized carbons (Fsp3) is 0.308. The van der Waals surface area contributed by atoms with Crippen LogP contribution >= 0.6 is 11.6 Å². The van der Waals surface area contributed by atoms with Gasteiger partial charge < -0.3 is 5.32 Å². The predicted octanol–water partition coefficient (Wildman–Crippen LogP) is 3.94. The van der Waals surface area contributed by atoms with E-state index in [1.807, 2.05) is 6.07 Å². The van der Waals surface area contributed by atoms with Gasteiger partial charge in [0.05, 0.1) is 10.7 Å². The van der Waals surface area contributed by atoms with E-state index in [1.165, 1.54) is 12.1 Å². The van der Waals surface area contributed by atoms with E-state index in [0.717, 1.165) is 23.6 Å². The van der Waals surface area contributed by atoms with Gasteiger partial charge in [0.25, 0.3) is 0 Å². The fourth-order valence-electron chi connectivity index (χ4n) is 1.57. The Balaban J connectivity index is 2.18. The van der Waals surface area contributed by atoms with Gasteiger partial charge in [-0.25, -0.2) is 4.39 Å². The molecule has 0 aliphatic heterocycles. The van der Waals surface area contributed by atoms with Crippen LogP contribution in [0.15, 0.2) is 24.3 Å². The lowest BCUT2D eigenvalue weighted by Crippen LogP contribution is -2.07. The Hall–Kier alpha value is -1.55. The SMILES string of the molecule is CC(C)CNc1cc(-c2ccc(F)cc2Cl)[nH]n1. The number of aromatic nitrogens is 2. The number of rotatable bonds is 4. The Bertz CT molecular complexity index is 537. The minimum absolute atomic E-state index is 0.346. The molecule has 0 fully saturated rings. The third-order valence-electron chi connectivity index (χ3n) is 2.49. The van der Waals surface area contributed by atoms with Crippen molar-refractivity contribution in [1.82, 2.24) is 10.2 Å². The number of anilines is 1. The molecule has 2 aromatic rings. The molecule has 18 heavy (non-hydrogen) atoms. The molecule has 1 heterocycles. The van der Waals surface area contributed by atoms with Crippen molar-refractivity contribution in [3.05, 3.63) is 35.1 Å². The van der Waals surface area contributed by atoms with Crippen LogP contribution in [0.25, 0.3) is 11.3 Å². The van der Waals surface area contributed by atoms with Gasteiger partial charge in [-0.3, -0.25) is 5.10 Å². The zero-order chi connectivity index (χ0) is 13.1. The van der Waals surface area contributed by atoms with Gasteiger partial charge in [0, 0.05) is 18.2 Å². The highest BCUT2D eigenvalue weighted by Gasteiger charge is 2.08. The second kappa shape index (κ2) is 5.40. The monoisotopic (exact) mass is 267 g/mol. The van der Waals surface area contributed by atoms with Crippen LogP contribution in [-0.2, 0) is 0 Å². The molecule has 1 aromatic carbocycles. The van der Waals surface area contributed by atoms with Crippen molar-refractivity contribution in [2.24, 2.45) is 5.92 Å². The van der Waals surface area contributed by atoms with Crippen LogP contribution in [0, 0.1) is 11.7 Å². The van der Waals surface area contributed by atoms with Crippen LogP contribution < -0.4 is 5.32 Å². The molecule has 0 spiro atoms. The largest absolute Gasteiger partial charge is 0.368 e. The van der Waals surface area contributed by atoms with Gasteiger partial charge in [-0.1, -0.05) is 25.4 Å². The van der Waals surface area contributed by atoms with Gasteiger partial charge in [0.2, 0.25) is 0 Å². The van der Waals surface area contributed by atoms with E-state index in [1.54, 1.807) is 6.07 Å². The van der Waals surface area contributed by atoms with Gasteiger partial charge in [0.1, 0.15) is 11.6 Å². The molecule has 0 aliphatic carbocycles. The number of hydrogen-bond donors (Lipinski definition) is 2. The molecule has 0 unspecified atom stereocenters. The molecule has 0 bridgehead atoms. The van der Waals surface area contributed by atoms with Crippen LogP contribution in [0.3, 0.4) is 0 Å². The fourth-order valence-corrected chi connectivity index (χ4v) is 1.84. The van der Waals surface area contributed by atoms with Crippen molar-refractivity contribution in [1.29, 1.82) is 0 Å². The summed E-state index contributed by atoms with van der Waals surface area (Å²) in [6.07, 6.45) is 0. The Morgan fingerprint density at radius 1 is 1.39 bits per heavy atom. The summed E-state index contributed by atoms with van der Waals surface area (Å²) < 4.78 is 13.0. The smallest absolute Gasteiger partial charge is 0.148 e. The van der Waals surface area contributed by atoms with Crippen LogP contribution in [0.2, 0.25) is 5.02 Å². The first kappa shape index (κ1) is 12.9. The van der Waals surface area contributed by atoms with E-state index < -0.39 is 0 Å². The topological polar surface area (TPSA) is 40.7 Å². The van der Waals surface area contributed by atoms with E-state index in [-0.39, 0.29) is 5.82 Å². The number of aromatic amines is 1. The maximum Gasteiger partial charge on any atom is 0.148 e. The average molecular weight is 268 g/mol. The van der Waals surface area contributed by atoms with E-state index in [2.05, 4.69) is 29.4 Å². The van der Waals surface area contributed by atoms with E-state index in [9.17, 15) is 4.39 Å². The normalized spacial score (nSPS) is 10.9. The quantitative estimate of drug-likeness (QED) is 0.881. The van der Waals surface area contributed by atoms with Crippen molar-refractivity contribution in [3.8, 4) is 11.3 Å². The molecule has 96 valence electrons. The third-order valence-corrected chi connectivity index (χ3v) is 2.80. The highest BCUT2D eigenvalue weighted by Crippen LogP contribution is 2.28. The lowest BCUT2D eigenvalue weighted by molar-refractivity contribution is 0.628. The molecule has 0 saturated heterocycles. The molecular weight excluding hydrogens is 253 g/mol. The summed E-state index contributed by atoms with van der Waals surface area (Å²) in [6, 6.07) is 6.17. The van der Waals surface area contributed by atoms with Crippen molar-refractivity contribution in [2.75, 3.05) is 11.9 Å². The van der Waals surface area contributed by atoms with Crippen molar-refractivity contribution >= 4 is 17.4 Å². The molecular formula is C13H15ClFN3. The Morgan fingerprint density at radius 2 is 2.17 bits per heavy atom. The first-order valence-corrected chi connectivity index (χ1v) is 6.19. The van der Waals surface area contributed by atoms with Crippen molar-refractivity contribution in [3.63, 3.8) is 0 Å². The molecule has 0 aliphatic rings.